The number of aliphatic carboxylic acids is 1. The molecule has 0 aromatic heterocycles. The normalized spacial score (nSPS) is 48.2. The van der Waals surface area contributed by atoms with Crippen LogP contribution in [0.5, 0.6) is 0 Å². The fraction of sp³-hybridized carbons (Fsp3) is 0.857. The van der Waals surface area contributed by atoms with Gasteiger partial charge in [-0.15, -0.1) is 11.8 Å². The summed E-state index contributed by atoms with van der Waals surface area (Å²) in [4.78, 5) is 25.2. The van der Waals surface area contributed by atoms with Gasteiger partial charge in [-0.3, -0.25) is 4.90 Å². The molecule has 6 atom stereocenters. The average Bonchev–Trinajstić information content (AvgIpc) is 2.81. The molecule has 2 bridgehead atoms. The maximum Gasteiger partial charge on any atom is 0.327 e. The number of carbonyl (C=O) groups is 2. The molecular weight excluding hydrogens is 276 g/mol. The highest BCUT2D eigenvalue weighted by Gasteiger charge is 2.65. The van der Waals surface area contributed by atoms with Crippen molar-refractivity contribution in [2.75, 3.05) is 5.75 Å². The third-order valence-corrected chi connectivity index (χ3v) is 6.99. The lowest BCUT2D eigenvalue weighted by molar-refractivity contribution is -0.141. The number of fused-ring (bicyclic) bond motifs is 5. The first kappa shape index (κ1) is 12.8. The Labute approximate surface area is 122 Å². The molecule has 1 aliphatic heterocycles. The molecule has 0 aromatic rings. The molecule has 3 aliphatic carbocycles. The summed E-state index contributed by atoms with van der Waals surface area (Å²) in [6, 6.07) is -0.528. The van der Waals surface area contributed by atoms with Gasteiger partial charge in [0.2, 0.25) is 0 Å². The highest BCUT2D eigenvalue weighted by molar-refractivity contribution is 8.00. The number of carboxylic acids is 1. The maximum absolute atomic E-state index is 12.4. The van der Waals surface area contributed by atoms with E-state index in [2.05, 4.69) is 5.32 Å². The summed E-state index contributed by atoms with van der Waals surface area (Å²) in [5.74, 6) is 2.60. The zero-order valence-electron chi connectivity index (χ0n) is 11.5. The average molecular weight is 296 g/mol. The van der Waals surface area contributed by atoms with Crippen molar-refractivity contribution in [1.29, 1.82) is 0 Å². The van der Waals surface area contributed by atoms with Crippen molar-refractivity contribution in [3.8, 4) is 0 Å². The fourth-order valence-electron chi connectivity index (χ4n) is 4.88. The van der Waals surface area contributed by atoms with E-state index in [0.29, 0.717) is 23.6 Å². The van der Waals surface area contributed by atoms with E-state index < -0.39 is 12.0 Å². The summed E-state index contributed by atoms with van der Waals surface area (Å²) in [5.41, 5.74) is 0. The second-order valence-electron chi connectivity index (χ2n) is 6.66. The number of hydrogen-bond donors (Lipinski definition) is 2. The Hall–Kier alpha value is -0.910. The van der Waals surface area contributed by atoms with E-state index in [1.165, 1.54) is 35.9 Å². The van der Waals surface area contributed by atoms with Crippen molar-refractivity contribution in [3.63, 3.8) is 0 Å². The van der Waals surface area contributed by atoms with Crippen LogP contribution < -0.4 is 5.32 Å². The van der Waals surface area contributed by atoms with E-state index in [1.54, 1.807) is 0 Å². The van der Waals surface area contributed by atoms with Crippen LogP contribution in [-0.2, 0) is 4.79 Å². The number of carboxylic acid groups (broad SMARTS) is 1. The predicted molar refractivity (Wildman–Crippen MR) is 75.3 cm³/mol. The van der Waals surface area contributed by atoms with Gasteiger partial charge in [0.05, 0.1) is 5.37 Å². The zero-order valence-corrected chi connectivity index (χ0v) is 12.3. The molecule has 1 saturated heterocycles. The van der Waals surface area contributed by atoms with Crippen molar-refractivity contribution in [2.45, 2.75) is 43.6 Å². The molecule has 4 aliphatic rings. The van der Waals surface area contributed by atoms with E-state index in [9.17, 15) is 14.7 Å². The molecule has 0 radical (unpaired) electrons. The molecule has 2 amide bonds. The van der Waals surface area contributed by atoms with Gasteiger partial charge in [0.1, 0.15) is 6.04 Å². The predicted octanol–water partition coefficient (Wildman–Crippen LogP) is 1.59. The molecule has 3 saturated carbocycles. The molecule has 0 aromatic carbocycles. The fourth-order valence-corrected chi connectivity index (χ4v) is 6.04. The minimum atomic E-state index is -0.895. The van der Waals surface area contributed by atoms with Crippen molar-refractivity contribution >= 4 is 23.8 Å². The Bertz CT molecular complexity index is 455. The van der Waals surface area contributed by atoms with E-state index in [4.69, 9.17) is 0 Å². The van der Waals surface area contributed by atoms with Crippen molar-refractivity contribution in [3.05, 3.63) is 0 Å². The number of nitrogens with one attached hydrogen (secondary N) is 1. The number of amides is 2. The van der Waals surface area contributed by atoms with Crippen LogP contribution in [0.4, 0.5) is 4.79 Å². The van der Waals surface area contributed by atoms with Gasteiger partial charge in [0.25, 0.3) is 0 Å². The Morgan fingerprint density at radius 2 is 1.90 bits per heavy atom. The number of nitrogens with zero attached hydrogens (tertiary/aromatic N) is 1. The van der Waals surface area contributed by atoms with E-state index in [-0.39, 0.29) is 11.4 Å². The Balaban J connectivity index is 1.42. The van der Waals surface area contributed by atoms with Crippen LogP contribution in [0, 0.1) is 23.7 Å². The quantitative estimate of drug-likeness (QED) is 0.812. The second kappa shape index (κ2) is 4.29. The van der Waals surface area contributed by atoms with Gasteiger partial charge in [0.15, 0.2) is 0 Å². The largest absolute Gasteiger partial charge is 0.480 e. The van der Waals surface area contributed by atoms with E-state index in [1.807, 2.05) is 6.92 Å². The molecule has 2 N–H and O–H groups in total. The first-order valence-corrected chi connectivity index (χ1v) is 8.56. The lowest BCUT2D eigenvalue weighted by Crippen LogP contribution is -2.50. The van der Waals surface area contributed by atoms with E-state index >= 15 is 0 Å². The lowest BCUT2D eigenvalue weighted by Gasteiger charge is -2.26. The number of thioether (sulfide) groups is 1. The zero-order chi connectivity index (χ0) is 14.0. The summed E-state index contributed by atoms with van der Waals surface area (Å²) in [5, 5.41) is 12.3. The molecule has 5 nitrogen and oxygen atoms in total. The second-order valence-corrected chi connectivity index (χ2v) is 8.01. The Morgan fingerprint density at radius 3 is 2.50 bits per heavy atom. The third-order valence-electron chi connectivity index (χ3n) is 5.77. The van der Waals surface area contributed by atoms with Gasteiger partial charge < -0.3 is 10.4 Å². The standard InChI is InChI=1S/C14H20N2O3S/c1-6-16(9(5-20-6)13(17)18)14(19)15-12-10-7-2-3-8(4-7)11(10)12/h6-12H,2-5H2,1H3,(H,15,19)(H,17,18). The number of carbonyl (C=O) groups excluding carboxylic acids is 1. The first-order valence-electron chi connectivity index (χ1n) is 7.51. The van der Waals surface area contributed by atoms with Crippen molar-refractivity contribution in [1.82, 2.24) is 10.2 Å². The first-order chi connectivity index (χ1) is 9.58. The molecule has 0 spiro atoms. The minimum Gasteiger partial charge on any atom is -0.480 e. The molecule has 4 fully saturated rings. The van der Waals surface area contributed by atoms with Gasteiger partial charge in [0, 0.05) is 11.8 Å². The van der Waals surface area contributed by atoms with Gasteiger partial charge in [-0.1, -0.05) is 0 Å². The van der Waals surface area contributed by atoms with Crippen molar-refractivity contribution < 1.29 is 14.7 Å². The summed E-state index contributed by atoms with van der Waals surface area (Å²) in [7, 11) is 0. The summed E-state index contributed by atoms with van der Waals surface area (Å²) in [6.07, 6.45) is 4.01. The Kier molecular flexibility index (Phi) is 2.75. The molecule has 6 unspecified atom stereocenters. The van der Waals surface area contributed by atoms with Crippen LogP contribution in [-0.4, -0.2) is 45.2 Å². The molecule has 4 rings (SSSR count). The van der Waals surface area contributed by atoms with Crippen molar-refractivity contribution in [2.24, 2.45) is 23.7 Å². The van der Waals surface area contributed by atoms with Crippen LogP contribution in [0.15, 0.2) is 0 Å². The number of hydrogen-bond acceptors (Lipinski definition) is 3. The highest BCUT2D eigenvalue weighted by atomic mass is 32.2. The summed E-state index contributed by atoms with van der Waals surface area (Å²) < 4.78 is 0. The smallest absolute Gasteiger partial charge is 0.327 e. The van der Waals surface area contributed by atoms with Crippen LogP contribution >= 0.6 is 11.8 Å². The monoisotopic (exact) mass is 296 g/mol. The number of rotatable bonds is 2. The Morgan fingerprint density at radius 1 is 1.25 bits per heavy atom. The van der Waals surface area contributed by atoms with Gasteiger partial charge in [-0.2, -0.15) is 0 Å². The summed E-state index contributed by atoms with van der Waals surface area (Å²) >= 11 is 1.54. The van der Waals surface area contributed by atoms with Gasteiger partial charge in [-0.05, 0) is 49.9 Å². The van der Waals surface area contributed by atoms with Crippen LogP contribution in [0.25, 0.3) is 0 Å². The summed E-state index contributed by atoms with van der Waals surface area (Å²) in [6.45, 7) is 1.91. The molecule has 6 heteroatoms. The molecule has 1 heterocycles. The highest BCUT2D eigenvalue weighted by Crippen LogP contribution is 2.65. The van der Waals surface area contributed by atoms with Crippen LogP contribution in [0.1, 0.15) is 26.2 Å². The molecule has 110 valence electrons. The van der Waals surface area contributed by atoms with Gasteiger partial charge >= 0.3 is 12.0 Å². The maximum atomic E-state index is 12.4. The third kappa shape index (κ3) is 1.70. The SMILES string of the molecule is CC1SCC(C(=O)O)N1C(=O)NC1C2C3CCC(C3)C12. The molecular formula is C14H20N2O3S. The lowest BCUT2D eigenvalue weighted by atomic mass is 10.0. The topological polar surface area (TPSA) is 69.6 Å². The van der Waals surface area contributed by atoms with E-state index in [0.717, 1.165) is 11.8 Å². The van der Waals surface area contributed by atoms with Gasteiger partial charge in [-0.25, -0.2) is 9.59 Å². The van der Waals surface area contributed by atoms with Crippen LogP contribution in [0.3, 0.4) is 0 Å². The van der Waals surface area contributed by atoms with Crippen LogP contribution in [0.2, 0.25) is 0 Å². The minimum absolute atomic E-state index is 0.0496. The molecule has 20 heavy (non-hydrogen) atoms. The number of urea groups is 1.